The van der Waals surface area contributed by atoms with Crippen molar-refractivity contribution in [1.29, 1.82) is 0 Å². The Kier molecular flexibility index (Phi) is 7.11. The molecule has 1 aliphatic heterocycles. The highest BCUT2D eigenvalue weighted by atomic mass is 32.1. The Balaban J connectivity index is 1.41. The minimum Gasteiger partial charge on any atom is -0.495 e. The highest BCUT2D eigenvalue weighted by Gasteiger charge is 2.36. The number of ether oxygens (including phenoxy) is 2. The van der Waals surface area contributed by atoms with Crippen LogP contribution in [0.15, 0.2) is 47.8 Å². The molecule has 0 N–H and O–H groups in total. The number of esters is 1. The molecule has 1 fully saturated rings. The van der Waals surface area contributed by atoms with Gasteiger partial charge in [0.1, 0.15) is 18.2 Å². The number of benzene rings is 2. The Labute approximate surface area is 205 Å². The van der Waals surface area contributed by atoms with Crippen LogP contribution in [0, 0.1) is 18.7 Å². The number of hydrogen-bond acceptors (Lipinski definition) is 7. The SMILES string of the molecule is COc1ccccc1N(C(C)=O)c1nc(COC(=O)[C@@H]2CC(=O)N(c3ccc(C)c(F)c3)C2)cs1. The predicted molar refractivity (Wildman–Crippen MR) is 129 cm³/mol. The van der Waals surface area contributed by atoms with E-state index in [-0.39, 0.29) is 31.4 Å². The van der Waals surface area contributed by atoms with Gasteiger partial charge in [0, 0.05) is 31.0 Å². The highest BCUT2D eigenvalue weighted by Crippen LogP contribution is 2.35. The summed E-state index contributed by atoms with van der Waals surface area (Å²) in [5.74, 6) is -1.59. The van der Waals surface area contributed by atoms with Crippen LogP contribution in [0.4, 0.5) is 20.9 Å². The number of nitrogens with zero attached hydrogens (tertiary/aromatic N) is 3. The van der Waals surface area contributed by atoms with Crippen LogP contribution in [0.3, 0.4) is 0 Å². The lowest BCUT2D eigenvalue weighted by Gasteiger charge is -2.20. The largest absolute Gasteiger partial charge is 0.495 e. The van der Waals surface area contributed by atoms with Crippen LogP contribution >= 0.6 is 11.3 Å². The van der Waals surface area contributed by atoms with Crippen molar-refractivity contribution in [1.82, 2.24) is 4.98 Å². The summed E-state index contributed by atoms with van der Waals surface area (Å²) in [6.45, 7) is 3.09. The van der Waals surface area contributed by atoms with E-state index in [2.05, 4.69) is 4.98 Å². The second kappa shape index (κ2) is 10.2. The van der Waals surface area contributed by atoms with Crippen LogP contribution in [0.5, 0.6) is 5.75 Å². The second-order valence-electron chi connectivity index (χ2n) is 8.09. The number of rotatable bonds is 7. The lowest BCUT2D eigenvalue weighted by atomic mass is 10.1. The molecule has 2 heterocycles. The summed E-state index contributed by atoms with van der Waals surface area (Å²) in [7, 11) is 1.52. The molecule has 0 saturated carbocycles. The Morgan fingerprint density at radius 3 is 2.74 bits per heavy atom. The van der Waals surface area contributed by atoms with Gasteiger partial charge in [-0.1, -0.05) is 18.2 Å². The molecule has 4 rings (SSSR count). The van der Waals surface area contributed by atoms with Crippen LogP contribution in [0.1, 0.15) is 24.6 Å². The first kappa shape index (κ1) is 24.3. The molecule has 1 atom stereocenters. The molecule has 0 bridgehead atoms. The zero-order valence-corrected chi connectivity index (χ0v) is 20.3. The minimum absolute atomic E-state index is 0.0113. The number of hydrogen-bond donors (Lipinski definition) is 0. The molecule has 2 amide bonds. The third-order valence-electron chi connectivity index (χ3n) is 5.66. The maximum absolute atomic E-state index is 13.9. The van der Waals surface area contributed by atoms with E-state index in [4.69, 9.17) is 9.47 Å². The fraction of sp³-hybridized carbons (Fsp3) is 0.280. The Hall–Kier alpha value is -3.79. The molecular weight excluding hydrogens is 473 g/mol. The number of aryl methyl sites for hydroxylation is 1. The lowest BCUT2D eigenvalue weighted by molar-refractivity contribution is -0.149. The zero-order chi connectivity index (χ0) is 25.1. The molecule has 10 heteroatoms. The van der Waals surface area contributed by atoms with Gasteiger partial charge in [-0.3, -0.25) is 19.3 Å². The normalized spacial score (nSPS) is 15.3. The molecular formula is C25H24FN3O5S. The highest BCUT2D eigenvalue weighted by molar-refractivity contribution is 7.14. The molecule has 3 aromatic rings. The van der Waals surface area contributed by atoms with E-state index in [1.807, 2.05) is 0 Å². The van der Waals surface area contributed by atoms with Crippen LogP contribution in [0.2, 0.25) is 0 Å². The monoisotopic (exact) mass is 497 g/mol. The van der Waals surface area contributed by atoms with Gasteiger partial charge in [0.2, 0.25) is 11.8 Å². The van der Waals surface area contributed by atoms with Crippen molar-refractivity contribution in [2.45, 2.75) is 26.9 Å². The smallest absolute Gasteiger partial charge is 0.311 e. The molecule has 1 aromatic heterocycles. The average Bonchev–Trinajstić information content (AvgIpc) is 3.46. The standard InChI is InChI=1S/C25H24FN3O5S/c1-15-8-9-19(11-20(15)26)28-12-17(10-23(28)31)24(32)34-13-18-14-35-25(27-18)29(16(2)30)21-6-4-5-7-22(21)33-3/h4-9,11,14,17H,10,12-13H2,1-3H3/t17-/m1/s1. The fourth-order valence-electron chi connectivity index (χ4n) is 3.81. The topological polar surface area (TPSA) is 89.0 Å². The van der Waals surface area contributed by atoms with Gasteiger partial charge < -0.3 is 14.4 Å². The summed E-state index contributed by atoms with van der Waals surface area (Å²) in [4.78, 5) is 44.7. The summed E-state index contributed by atoms with van der Waals surface area (Å²) in [6, 6.07) is 11.6. The molecule has 0 radical (unpaired) electrons. The van der Waals surface area contributed by atoms with Crippen molar-refractivity contribution in [3.63, 3.8) is 0 Å². The number of carbonyl (C=O) groups excluding carboxylic acids is 3. The van der Waals surface area contributed by atoms with E-state index < -0.39 is 17.7 Å². The van der Waals surface area contributed by atoms with Crippen LogP contribution in [-0.4, -0.2) is 36.4 Å². The summed E-state index contributed by atoms with van der Waals surface area (Å²) in [5, 5.41) is 2.12. The second-order valence-corrected chi connectivity index (χ2v) is 8.93. The van der Waals surface area contributed by atoms with Crippen molar-refractivity contribution in [2.24, 2.45) is 5.92 Å². The van der Waals surface area contributed by atoms with E-state index in [1.54, 1.807) is 48.7 Å². The number of aromatic nitrogens is 1. The maximum Gasteiger partial charge on any atom is 0.311 e. The molecule has 2 aromatic carbocycles. The first-order valence-electron chi connectivity index (χ1n) is 10.9. The number of para-hydroxylation sites is 2. The Bertz CT molecular complexity index is 1280. The number of thiazole rings is 1. The van der Waals surface area contributed by atoms with E-state index in [0.717, 1.165) is 0 Å². The summed E-state index contributed by atoms with van der Waals surface area (Å²) in [6.07, 6.45) is -0.0113. The number of methoxy groups -OCH3 is 1. The van der Waals surface area contributed by atoms with Gasteiger partial charge in [0.15, 0.2) is 5.13 Å². The van der Waals surface area contributed by atoms with Gasteiger partial charge in [-0.05, 0) is 36.8 Å². The molecule has 0 unspecified atom stereocenters. The first-order valence-corrected chi connectivity index (χ1v) is 11.8. The van der Waals surface area contributed by atoms with Crippen molar-refractivity contribution in [2.75, 3.05) is 23.5 Å². The van der Waals surface area contributed by atoms with Crippen molar-refractivity contribution >= 4 is 45.6 Å². The molecule has 1 saturated heterocycles. The van der Waals surface area contributed by atoms with Gasteiger partial charge in [-0.2, -0.15) is 0 Å². The average molecular weight is 498 g/mol. The molecule has 8 nitrogen and oxygen atoms in total. The van der Waals surface area contributed by atoms with E-state index >= 15 is 0 Å². The summed E-state index contributed by atoms with van der Waals surface area (Å²) < 4.78 is 24.7. The van der Waals surface area contributed by atoms with Crippen molar-refractivity contribution < 1.29 is 28.2 Å². The Morgan fingerprint density at radius 1 is 1.26 bits per heavy atom. The van der Waals surface area contributed by atoms with Crippen molar-refractivity contribution in [3.8, 4) is 5.75 Å². The van der Waals surface area contributed by atoms with E-state index in [9.17, 15) is 18.8 Å². The van der Waals surface area contributed by atoms with Crippen LogP contribution in [-0.2, 0) is 25.7 Å². The summed E-state index contributed by atoms with van der Waals surface area (Å²) in [5.41, 5.74) is 1.92. The summed E-state index contributed by atoms with van der Waals surface area (Å²) >= 11 is 1.23. The number of halogens is 1. The van der Waals surface area contributed by atoms with Gasteiger partial charge in [-0.15, -0.1) is 11.3 Å². The number of amides is 2. The van der Waals surface area contributed by atoms with Crippen LogP contribution in [0.25, 0.3) is 0 Å². The molecule has 1 aliphatic rings. The molecule has 35 heavy (non-hydrogen) atoms. The third kappa shape index (κ3) is 5.17. The minimum atomic E-state index is -0.660. The van der Waals surface area contributed by atoms with Crippen molar-refractivity contribution in [3.05, 3.63) is 64.9 Å². The first-order chi connectivity index (χ1) is 16.8. The van der Waals surface area contributed by atoms with Gasteiger partial charge >= 0.3 is 5.97 Å². The predicted octanol–water partition coefficient (Wildman–Crippen LogP) is 4.38. The molecule has 182 valence electrons. The van der Waals surface area contributed by atoms with E-state index in [1.165, 1.54) is 41.2 Å². The van der Waals surface area contributed by atoms with E-state index in [0.29, 0.717) is 33.5 Å². The maximum atomic E-state index is 13.9. The zero-order valence-electron chi connectivity index (χ0n) is 19.5. The number of anilines is 3. The van der Waals surface area contributed by atoms with Gasteiger partial charge in [0.05, 0.1) is 24.4 Å². The molecule has 0 spiro atoms. The van der Waals surface area contributed by atoms with Gasteiger partial charge in [0.25, 0.3) is 0 Å². The van der Waals surface area contributed by atoms with Crippen LogP contribution < -0.4 is 14.5 Å². The fourth-order valence-corrected chi connectivity index (χ4v) is 4.68. The quantitative estimate of drug-likeness (QED) is 0.450. The Morgan fingerprint density at radius 2 is 2.03 bits per heavy atom. The third-order valence-corrected chi connectivity index (χ3v) is 6.53. The molecule has 0 aliphatic carbocycles. The van der Waals surface area contributed by atoms with Gasteiger partial charge in [-0.25, -0.2) is 9.37 Å². The number of carbonyl (C=O) groups is 3. The lowest BCUT2D eigenvalue weighted by Crippen LogP contribution is -2.26.